The van der Waals surface area contributed by atoms with Gasteiger partial charge in [0.05, 0.1) is 17.5 Å². The van der Waals surface area contributed by atoms with Gasteiger partial charge in [-0.1, -0.05) is 11.6 Å². The van der Waals surface area contributed by atoms with Crippen LogP contribution < -0.4 is 0 Å². The Hall–Kier alpha value is -1.20. The molecule has 0 aromatic carbocycles. The number of rotatable bonds is 1. The third-order valence-electron chi connectivity index (χ3n) is 3.16. The van der Waals surface area contributed by atoms with E-state index in [2.05, 4.69) is 4.98 Å². The number of carbonyl (C=O) groups excluding carboxylic acids is 1. The van der Waals surface area contributed by atoms with Crippen LogP contribution in [0.5, 0.6) is 0 Å². The second kappa shape index (κ2) is 4.48. The van der Waals surface area contributed by atoms with Gasteiger partial charge in [0.1, 0.15) is 4.83 Å². The first kappa shape index (κ1) is 11.9. The van der Waals surface area contributed by atoms with E-state index in [1.807, 2.05) is 13.0 Å². The maximum atomic E-state index is 11.7. The molecule has 2 aromatic heterocycles. The molecule has 1 aliphatic rings. The predicted octanol–water partition coefficient (Wildman–Crippen LogP) is 3.40. The summed E-state index contributed by atoms with van der Waals surface area (Å²) in [5.74, 6) is 0. The average molecular weight is 285 g/mol. The Labute approximate surface area is 113 Å². The minimum atomic E-state index is -0.237. The lowest BCUT2D eigenvalue weighted by Gasteiger charge is -2.26. The van der Waals surface area contributed by atoms with Gasteiger partial charge in [-0.25, -0.2) is 4.79 Å². The molecule has 2 aromatic rings. The molecule has 0 saturated carbocycles. The summed E-state index contributed by atoms with van der Waals surface area (Å²) in [6.07, 6.45) is 0.603. The van der Waals surface area contributed by atoms with E-state index in [9.17, 15) is 4.79 Å². The van der Waals surface area contributed by atoms with E-state index in [1.165, 1.54) is 11.3 Å². The Kier molecular flexibility index (Phi) is 2.95. The van der Waals surface area contributed by atoms with Crippen molar-refractivity contribution >= 4 is 39.2 Å². The molecule has 18 heavy (non-hydrogen) atoms. The fourth-order valence-corrected chi connectivity index (χ4v) is 3.51. The van der Waals surface area contributed by atoms with Gasteiger partial charge in [-0.2, -0.15) is 0 Å². The van der Waals surface area contributed by atoms with Crippen LogP contribution in [0, 0.1) is 0 Å². The van der Waals surface area contributed by atoms with Crippen LogP contribution in [0.25, 0.3) is 10.2 Å². The van der Waals surface area contributed by atoms with Crippen molar-refractivity contribution in [3.63, 3.8) is 0 Å². The lowest BCUT2D eigenvalue weighted by atomic mass is 10.1. The zero-order chi connectivity index (χ0) is 12.7. The summed E-state index contributed by atoms with van der Waals surface area (Å²) in [4.78, 5) is 18.0. The standard InChI is InChI=1S/C12H13ClN2O2S/c1-2-17-12(16)15-4-3-9-8(6-15)7-5-10(13)18-11(7)14-9/h5,14H,2-4,6H2,1H3. The van der Waals surface area contributed by atoms with E-state index in [-0.39, 0.29) is 6.09 Å². The number of aromatic amines is 1. The second-order valence-electron chi connectivity index (χ2n) is 4.25. The van der Waals surface area contributed by atoms with Crippen molar-refractivity contribution in [2.45, 2.75) is 19.9 Å². The zero-order valence-corrected chi connectivity index (χ0v) is 11.5. The lowest BCUT2D eigenvalue weighted by Crippen LogP contribution is -2.36. The molecule has 0 radical (unpaired) electrons. The largest absolute Gasteiger partial charge is 0.450 e. The smallest absolute Gasteiger partial charge is 0.410 e. The average Bonchev–Trinajstić information content (AvgIpc) is 2.84. The Bertz CT molecular complexity index is 605. The highest BCUT2D eigenvalue weighted by Gasteiger charge is 2.25. The number of H-pyrrole nitrogens is 1. The molecule has 1 N–H and O–H groups in total. The van der Waals surface area contributed by atoms with E-state index in [1.54, 1.807) is 16.2 Å². The summed E-state index contributed by atoms with van der Waals surface area (Å²) in [6.45, 7) is 3.53. The van der Waals surface area contributed by atoms with E-state index in [4.69, 9.17) is 16.3 Å². The van der Waals surface area contributed by atoms with Crippen LogP contribution in [0.1, 0.15) is 18.2 Å². The van der Waals surface area contributed by atoms with Crippen molar-refractivity contribution in [2.75, 3.05) is 13.2 Å². The van der Waals surface area contributed by atoms with Gasteiger partial charge < -0.3 is 14.6 Å². The Morgan fingerprint density at radius 1 is 1.67 bits per heavy atom. The second-order valence-corrected chi connectivity index (χ2v) is 5.93. The maximum absolute atomic E-state index is 11.7. The molecule has 0 bridgehead atoms. The number of halogens is 1. The van der Waals surface area contributed by atoms with Gasteiger partial charge >= 0.3 is 6.09 Å². The fourth-order valence-electron chi connectivity index (χ4n) is 2.33. The van der Waals surface area contributed by atoms with Crippen molar-refractivity contribution in [1.82, 2.24) is 9.88 Å². The third kappa shape index (κ3) is 1.87. The Morgan fingerprint density at radius 3 is 3.28 bits per heavy atom. The van der Waals surface area contributed by atoms with Crippen molar-refractivity contribution < 1.29 is 9.53 Å². The highest BCUT2D eigenvalue weighted by atomic mass is 35.5. The summed E-state index contributed by atoms with van der Waals surface area (Å²) in [5, 5.41) is 1.13. The van der Waals surface area contributed by atoms with E-state index in [0.29, 0.717) is 19.7 Å². The number of hydrogen-bond donors (Lipinski definition) is 1. The van der Waals surface area contributed by atoms with Gasteiger partial charge in [-0.15, -0.1) is 11.3 Å². The van der Waals surface area contributed by atoms with Gasteiger partial charge in [-0.3, -0.25) is 0 Å². The third-order valence-corrected chi connectivity index (χ3v) is 4.34. The van der Waals surface area contributed by atoms with Crippen molar-refractivity contribution in [2.24, 2.45) is 0 Å². The monoisotopic (exact) mass is 284 g/mol. The summed E-state index contributed by atoms with van der Waals surface area (Å²) in [6, 6.07) is 1.96. The van der Waals surface area contributed by atoms with Gasteiger partial charge in [-0.05, 0) is 13.0 Å². The molecule has 0 atom stereocenters. The molecular weight excluding hydrogens is 272 g/mol. The van der Waals surface area contributed by atoms with E-state index >= 15 is 0 Å². The van der Waals surface area contributed by atoms with Crippen molar-refractivity contribution in [3.05, 3.63) is 21.7 Å². The van der Waals surface area contributed by atoms with Crippen LogP contribution in [0.4, 0.5) is 4.79 Å². The number of amides is 1. The summed E-state index contributed by atoms with van der Waals surface area (Å²) < 4.78 is 5.81. The number of fused-ring (bicyclic) bond motifs is 3. The van der Waals surface area contributed by atoms with Crippen molar-refractivity contribution in [1.29, 1.82) is 0 Å². The summed E-state index contributed by atoms with van der Waals surface area (Å²) in [7, 11) is 0. The zero-order valence-electron chi connectivity index (χ0n) is 9.96. The highest BCUT2D eigenvalue weighted by Crippen LogP contribution is 2.35. The first-order valence-corrected chi connectivity index (χ1v) is 7.09. The van der Waals surface area contributed by atoms with Crippen molar-refractivity contribution in [3.8, 4) is 0 Å². The summed E-state index contributed by atoms with van der Waals surface area (Å²) in [5.41, 5.74) is 2.39. The molecular formula is C12H13ClN2O2S. The number of carbonyl (C=O) groups is 1. The topological polar surface area (TPSA) is 45.3 Å². The minimum absolute atomic E-state index is 0.237. The Morgan fingerprint density at radius 2 is 2.50 bits per heavy atom. The van der Waals surface area contributed by atoms with E-state index in [0.717, 1.165) is 21.0 Å². The molecule has 0 saturated heterocycles. The van der Waals surface area contributed by atoms with Gasteiger partial charge in [0.15, 0.2) is 0 Å². The molecule has 0 fully saturated rings. The van der Waals surface area contributed by atoms with Crippen LogP contribution in [0.3, 0.4) is 0 Å². The number of nitrogens with one attached hydrogen (secondary N) is 1. The fraction of sp³-hybridized carbons (Fsp3) is 0.417. The molecule has 4 nitrogen and oxygen atoms in total. The normalized spacial score (nSPS) is 14.9. The first-order valence-electron chi connectivity index (χ1n) is 5.89. The molecule has 3 rings (SSSR count). The van der Waals surface area contributed by atoms with Crippen LogP contribution >= 0.6 is 22.9 Å². The Balaban J connectivity index is 1.92. The van der Waals surface area contributed by atoms with Crippen LogP contribution in [0.15, 0.2) is 6.07 Å². The maximum Gasteiger partial charge on any atom is 0.410 e. The first-order chi connectivity index (χ1) is 8.69. The van der Waals surface area contributed by atoms with Crippen LogP contribution in [-0.2, 0) is 17.7 Å². The number of hydrogen-bond acceptors (Lipinski definition) is 3. The number of nitrogens with zero attached hydrogens (tertiary/aromatic N) is 1. The molecule has 1 amide bonds. The van der Waals surface area contributed by atoms with Gasteiger partial charge in [0.25, 0.3) is 0 Å². The van der Waals surface area contributed by atoms with Gasteiger partial charge in [0, 0.05) is 29.6 Å². The minimum Gasteiger partial charge on any atom is -0.450 e. The number of ether oxygens (including phenoxy) is 1. The molecule has 1 aliphatic heterocycles. The van der Waals surface area contributed by atoms with Crippen LogP contribution in [-0.4, -0.2) is 29.1 Å². The van der Waals surface area contributed by atoms with Gasteiger partial charge in [0.2, 0.25) is 0 Å². The van der Waals surface area contributed by atoms with E-state index < -0.39 is 0 Å². The molecule has 0 unspecified atom stereocenters. The predicted molar refractivity (Wildman–Crippen MR) is 72.3 cm³/mol. The summed E-state index contributed by atoms with van der Waals surface area (Å²) >= 11 is 7.55. The molecule has 0 spiro atoms. The molecule has 3 heterocycles. The lowest BCUT2D eigenvalue weighted by molar-refractivity contribution is 0.103. The quantitative estimate of drug-likeness (QED) is 0.872. The highest BCUT2D eigenvalue weighted by molar-refractivity contribution is 7.22. The number of aromatic nitrogens is 1. The molecule has 6 heteroatoms. The molecule has 96 valence electrons. The number of thiophene rings is 1. The van der Waals surface area contributed by atoms with Crippen LogP contribution in [0.2, 0.25) is 4.34 Å². The molecule has 0 aliphatic carbocycles. The SMILES string of the molecule is CCOC(=O)N1CCc2[nH]c3sc(Cl)cc3c2C1.